The molecule has 0 aliphatic rings. The van der Waals surface area contributed by atoms with E-state index < -0.39 is 0 Å². The van der Waals surface area contributed by atoms with E-state index in [0.717, 1.165) is 20.0 Å². The molecule has 0 bridgehead atoms. The standard InChI is InChI=1S/C14H12N4OS2/c1-16-13(19)11-6-9(4-5-17-11)20-8-2-3-10-12(7-8)21-14(15)18-10/h2-7H,1H3,(H2,15,18)(H,16,19). The van der Waals surface area contributed by atoms with E-state index in [4.69, 9.17) is 5.73 Å². The van der Waals surface area contributed by atoms with E-state index in [1.54, 1.807) is 31.1 Å². The Morgan fingerprint density at radius 1 is 1.29 bits per heavy atom. The van der Waals surface area contributed by atoms with Crippen molar-refractivity contribution >= 4 is 44.4 Å². The van der Waals surface area contributed by atoms with Gasteiger partial charge in [0.25, 0.3) is 5.91 Å². The van der Waals surface area contributed by atoms with E-state index in [9.17, 15) is 4.79 Å². The number of hydrogen-bond acceptors (Lipinski definition) is 6. The molecule has 1 amide bonds. The van der Waals surface area contributed by atoms with Gasteiger partial charge in [-0.1, -0.05) is 23.1 Å². The summed E-state index contributed by atoms with van der Waals surface area (Å²) in [5, 5.41) is 3.14. The molecule has 0 aliphatic carbocycles. The molecule has 2 aromatic heterocycles. The van der Waals surface area contributed by atoms with Crippen LogP contribution in [0, 0.1) is 0 Å². The fourth-order valence-electron chi connectivity index (χ4n) is 1.85. The normalized spacial score (nSPS) is 10.7. The van der Waals surface area contributed by atoms with Crippen LogP contribution >= 0.6 is 23.1 Å². The topological polar surface area (TPSA) is 80.9 Å². The van der Waals surface area contributed by atoms with Crippen LogP contribution in [-0.4, -0.2) is 22.9 Å². The van der Waals surface area contributed by atoms with Crippen LogP contribution in [0.3, 0.4) is 0 Å². The zero-order valence-electron chi connectivity index (χ0n) is 11.2. The minimum absolute atomic E-state index is 0.192. The molecule has 0 unspecified atom stereocenters. The average molecular weight is 316 g/mol. The van der Waals surface area contributed by atoms with Crippen LogP contribution in [0.2, 0.25) is 0 Å². The summed E-state index contributed by atoms with van der Waals surface area (Å²) in [7, 11) is 1.59. The second kappa shape index (κ2) is 5.71. The maximum Gasteiger partial charge on any atom is 0.269 e. The van der Waals surface area contributed by atoms with Gasteiger partial charge in [-0.05, 0) is 30.3 Å². The summed E-state index contributed by atoms with van der Waals surface area (Å²) >= 11 is 3.04. The monoisotopic (exact) mass is 316 g/mol. The predicted octanol–water partition coefficient (Wildman–Crippen LogP) is 2.78. The molecule has 0 radical (unpaired) electrons. The number of rotatable bonds is 3. The lowest BCUT2D eigenvalue weighted by molar-refractivity contribution is 0.0958. The molecule has 3 aromatic rings. The molecule has 1 aromatic carbocycles. The number of anilines is 1. The molecule has 21 heavy (non-hydrogen) atoms. The summed E-state index contributed by atoms with van der Waals surface area (Å²) in [6.45, 7) is 0. The molecule has 5 nitrogen and oxygen atoms in total. The van der Waals surface area contributed by atoms with Crippen LogP contribution in [0.25, 0.3) is 10.2 Å². The van der Waals surface area contributed by atoms with Crippen LogP contribution in [0.4, 0.5) is 5.13 Å². The highest BCUT2D eigenvalue weighted by Gasteiger charge is 2.07. The van der Waals surface area contributed by atoms with Gasteiger partial charge in [-0.15, -0.1) is 0 Å². The number of aromatic nitrogens is 2. The number of nitrogens with zero attached hydrogens (tertiary/aromatic N) is 2. The van der Waals surface area contributed by atoms with Crippen molar-refractivity contribution < 1.29 is 4.79 Å². The Labute approximate surface area is 129 Å². The lowest BCUT2D eigenvalue weighted by Gasteiger charge is -2.04. The van der Waals surface area contributed by atoms with Crippen LogP contribution < -0.4 is 11.1 Å². The Morgan fingerprint density at radius 2 is 2.10 bits per heavy atom. The summed E-state index contributed by atoms with van der Waals surface area (Å²) in [6.07, 6.45) is 1.64. The average Bonchev–Trinajstić information content (AvgIpc) is 2.86. The molecule has 2 heterocycles. The number of fused-ring (bicyclic) bond motifs is 1. The Kier molecular flexibility index (Phi) is 3.76. The SMILES string of the molecule is CNC(=O)c1cc(Sc2ccc3nc(N)sc3c2)ccn1. The highest BCUT2D eigenvalue weighted by atomic mass is 32.2. The lowest BCUT2D eigenvalue weighted by Crippen LogP contribution is -2.18. The molecule has 0 fully saturated rings. The molecule has 3 N–H and O–H groups in total. The third-order valence-corrected chi connectivity index (χ3v) is 4.63. The molecule has 7 heteroatoms. The third-order valence-electron chi connectivity index (χ3n) is 2.80. The number of nitrogen functional groups attached to an aromatic ring is 1. The number of carbonyl (C=O) groups excluding carboxylic acids is 1. The maximum atomic E-state index is 11.6. The van der Waals surface area contributed by atoms with E-state index in [0.29, 0.717) is 10.8 Å². The first-order valence-corrected chi connectivity index (χ1v) is 7.81. The number of benzene rings is 1. The highest BCUT2D eigenvalue weighted by molar-refractivity contribution is 7.99. The lowest BCUT2D eigenvalue weighted by atomic mass is 10.3. The minimum atomic E-state index is -0.192. The zero-order chi connectivity index (χ0) is 14.8. The predicted molar refractivity (Wildman–Crippen MR) is 85.8 cm³/mol. The van der Waals surface area contributed by atoms with E-state index in [-0.39, 0.29) is 5.91 Å². The van der Waals surface area contributed by atoms with Crippen molar-refractivity contribution in [3.8, 4) is 0 Å². The molecule has 0 saturated heterocycles. The third kappa shape index (κ3) is 2.98. The van der Waals surface area contributed by atoms with Crippen LogP contribution in [-0.2, 0) is 0 Å². The first-order chi connectivity index (χ1) is 10.2. The summed E-state index contributed by atoms with van der Waals surface area (Å²) in [6, 6.07) is 9.64. The summed E-state index contributed by atoms with van der Waals surface area (Å²) in [5.74, 6) is -0.192. The van der Waals surface area contributed by atoms with Crippen LogP contribution in [0.15, 0.2) is 46.3 Å². The molecule has 0 aliphatic heterocycles. The van der Waals surface area contributed by atoms with Gasteiger partial charge in [-0.3, -0.25) is 9.78 Å². The van der Waals surface area contributed by atoms with Gasteiger partial charge in [0.15, 0.2) is 5.13 Å². The van der Waals surface area contributed by atoms with Gasteiger partial charge in [0.2, 0.25) is 0 Å². The first kappa shape index (κ1) is 13.8. The van der Waals surface area contributed by atoms with E-state index in [1.807, 2.05) is 24.3 Å². The number of carbonyl (C=O) groups is 1. The van der Waals surface area contributed by atoms with Gasteiger partial charge in [0, 0.05) is 23.0 Å². The summed E-state index contributed by atoms with van der Waals surface area (Å²) < 4.78 is 1.05. The van der Waals surface area contributed by atoms with Crippen molar-refractivity contribution in [1.29, 1.82) is 0 Å². The zero-order valence-corrected chi connectivity index (χ0v) is 12.8. The number of hydrogen-bond donors (Lipinski definition) is 2. The summed E-state index contributed by atoms with van der Waals surface area (Å²) in [4.78, 5) is 21.9. The van der Waals surface area contributed by atoms with Gasteiger partial charge in [-0.25, -0.2) is 4.98 Å². The second-order valence-corrected chi connectivity index (χ2v) is 6.45. The fraction of sp³-hybridized carbons (Fsp3) is 0.0714. The van der Waals surface area contributed by atoms with Crippen molar-refractivity contribution in [2.75, 3.05) is 12.8 Å². The Bertz CT molecular complexity index is 816. The van der Waals surface area contributed by atoms with Gasteiger partial charge in [0.1, 0.15) is 5.69 Å². The minimum Gasteiger partial charge on any atom is -0.375 e. The largest absolute Gasteiger partial charge is 0.375 e. The number of pyridine rings is 1. The van der Waals surface area contributed by atoms with Gasteiger partial charge < -0.3 is 11.1 Å². The van der Waals surface area contributed by atoms with Crippen LogP contribution in [0.5, 0.6) is 0 Å². The Balaban J connectivity index is 1.89. The van der Waals surface area contributed by atoms with E-state index in [1.165, 1.54) is 11.3 Å². The van der Waals surface area contributed by atoms with Gasteiger partial charge >= 0.3 is 0 Å². The van der Waals surface area contributed by atoms with Gasteiger partial charge in [0.05, 0.1) is 10.2 Å². The Morgan fingerprint density at radius 3 is 2.90 bits per heavy atom. The number of nitrogens with two attached hydrogens (primary N) is 1. The quantitative estimate of drug-likeness (QED) is 0.776. The molecule has 0 saturated carbocycles. The molecular weight excluding hydrogens is 304 g/mol. The van der Waals surface area contributed by atoms with Crippen molar-refractivity contribution in [3.63, 3.8) is 0 Å². The van der Waals surface area contributed by atoms with Gasteiger partial charge in [-0.2, -0.15) is 0 Å². The molecule has 106 valence electrons. The maximum absolute atomic E-state index is 11.6. The van der Waals surface area contributed by atoms with Crippen molar-refractivity contribution in [2.45, 2.75) is 9.79 Å². The summed E-state index contributed by atoms with van der Waals surface area (Å²) in [5.41, 5.74) is 7.02. The van der Waals surface area contributed by atoms with Crippen molar-refractivity contribution in [1.82, 2.24) is 15.3 Å². The molecular formula is C14H12N4OS2. The van der Waals surface area contributed by atoms with Crippen molar-refractivity contribution in [2.24, 2.45) is 0 Å². The van der Waals surface area contributed by atoms with E-state index >= 15 is 0 Å². The second-order valence-electron chi connectivity index (χ2n) is 4.24. The number of thiazole rings is 1. The van der Waals surface area contributed by atoms with E-state index in [2.05, 4.69) is 15.3 Å². The highest BCUT2D eigenvalue weighted by Crippen LogP contribution is 2.32. The number of nitrogens with one attached hydrogen (secondary N) is 1. The molecule has 0 spiro atoms. The fourth-order valence-corrected chi connectivity index (χ4v) is 3.58. The number of amides is 1. The molecule has 3 rings (SSSR count). The first-order valence-electron chi connectivity index (χ1n) is 6.18. The van der Waals surface area contributed by atoms with Crippen molar-refractivity contribution in [3.05, 3.63) is 42.2 Å². The van der Waals surface area contributed by atoms with Crippen LogP contribution in [0.1, 0.15) is 10.5 Å². The Hall–Kier alpha value is -2.12. The smallest absolute Gasteiger partial charge is 0.269 e. The molecule has 0 atom stereocenters.